The smallest absolute Gasteiger partial charge is 0.285 e. The third kappa shape index (κ3) is 1.46. The summed E-state index contributed by atoms with van der Waals surface area (Å²) in [5.74, 6) is -2.85. The number of aryl methyl sites for hydroxylation is 1. The molecule has 0 atom stereocenters. The van der Waals surface area contributed by atoms with E-state index in [4.69, 9.17) is 5.73 Å². The highest BCUT2D eigenvalue weighted by Crippen LogP contribution is 2.33. The summed E-state index contributed by atoms with van der Waals surface area (Å²) in [5, 5.41) is 0.677. The van der Waals surface area contributed by atoms with Crippen LogP contribution in [0.4, 0.5) is 14.5 Å². The van der Waals surface area contributed by atoms with Gasteiger partial charge in [-0.2, -0.15) is 0 Å². The third-order valence-electron chi connectivity index (χ3n) is 2.57. The van der Waals surface area contributed by atoms with E-state index in [0.717, 1.165) is 12.4 Å². The molecule has 4 heteroatoms. The highest BCUT2D eigenvalue weighted by molar-refractivity contribution is 5.92. The SMILES string of the molecule is Cn1c(C(C)(F)F)cc2c(N)cccc21. The van der Waals surface area contributed by atoms with E-state index in [2.05, 4.69) is 0 Å². The number of anilines is 1. The lowest BCUT2D eigenvalue weighted by Crippen LogP contribution is -2.12. The highest BCUT2D eigenvalue weighted by atomic mass is 19.3. The summed E-state index contributed by atoms with van der Waals surface area (Å²) < 4.78 is 27.9. The molecule has 0 aliphatic heterocycles. The van der Waals surface area contributed by atoms with E-state index in [-0.39, 0.29) is 5.69 Å². The topological polar surface area (TPSA) is 30.9 Å². The van der Waals surface area contributed by atoms with Gasteiger partial charge in [-0.05, 0) is 18.2 Å². The zero-order chi connectivity index (χ0) is 11.2. The normalized spacial score (nSPS) is 12.3. The van der Waals surface area contributed by atoms with Crippen molar-refractivity contribution >= 4 is 16.6 Å². The molecular formula is C11H12F2N2. The van der Waals surface area contributed by atoms with Crippen molar-refractivity contribution in [1.82, 2.24) is 4.57 Å². The van der Waals surface area contributed by atoms with Gasteiger partial charge in [0.15, 0.2) is 0 Å². The molecule has 0 spiro atoms. The van der Waals surface area contributed by atoms with Crippen LogP contribution < -0.4 is 5.73 Å². The Morgan fingerprint density at radius 2 is 2.00 bits per heavy atom. The first-order valence-electron chi connectivity index (χ1n) is 4.63. The standard InChI is InChI=1S/C11H12F2N2/c1-11(12,13)10-6-7-8(14)4-3-5-9(7)15(10)2/h3-6H,14H2,1-2H3. The van der Waals surface area contributed by atoms with Crippen molar-refractivity contribution in [2.45, 2.75) is 12.8 Å². The Bertz CT molecular complexity index is 509. The Balaban J connectivity index is 2.81. The average Bonchev–Trinajstić information content (AvgIpc) is 2.45. The Labute approximate surface area is 86.3 Å². The third-order valence-corrected chi connectivity index (χ3v) is 2.57. The molecule has 0 amide bonds. The van der Waals surface area contributed by atoms with Crippen molar-refractivity contribution in [2.24, 2.45) is 7.05 Å². The number of hydrogen-bond acceptors (Lipinski definition) is 1. The van der Waals surface area contributed by atoms with Gasteiger partial charge in [-0.3, -0.25) is 0 Å². The van der Waals surface area contributed by atoms with Gasteiger partial charge in [0.25, 0.3) is 5.92 Å². The molecule has 80 valence electrons. The van der Waals surface area contributed by atoms with E-state index in [1.165, 1.54) is 10.6 Å². The summed E-state index contributed by atoms with van der Waals surface area (Å²) in [4.78, 5) is 0. The van der Waals surface area contributed by atoms with Gasteiger partial charge in [0.05, 0.1) is 11.2 Å². The lowest BCUT2D eigenvalue weighted by Gasteiger charge is -2.11. The predicted molar refractivity (Wildman–Crippen MR) is 56.9 cm³/mol. The number of rotatable bonds is 1. The number of fused-ring (bicyclic) bond motifs is 1. The number of nitrogen functional groups attached to an aromatic ring is 1. The van der Waals surface area contributed by atoms with Crippen LogP contribution in [0.5, 0.6) is 0 Å². The summed E-state index contributed by atoms with van der Waals surface area (Å²) in [6.07, 6.45) is 0. The average molecular weight is 210 g/mol. The molecule has 2 rings (SSSR count). The first-order chi connectivity index (χ1) is 6.91. The molecule has 1 heterocycles. The molecule has 1 aromatic carbocycles. The van der Waals surface area contributed by atoms with Crippen molar-refractivity contribution in [3.05, 3.63) is 30.0 Å². The molecule has 0 saturated heterocycles. The molecule has 0 bridgehead atoms. The minimum atomic E-state index is -2.85. The van der Waals surface area contributed by atoms with Crippen LogP contribution in [0.15, 0.2) is 24.3 Å². The molecule has 0 aliphatic rings. The van der Waals surface area contributed by atoms with Gasteiger partial charge < -0.3 is 10.3 Å². The highest BCUT2D eigenvalue weighted by Gasteiger charge is 2.28. The number of aromatic nitrogens is 1. The van der Waals surface area contributed by atoms with Gasteiger partial charge in [-0.1, -0.05) is 6.07 Å². The summed E-state index contributed by atoms with van der Waals surface area (Å²) in [7, 11) is 1.62. The number of benzene rings is 1. The zero-order valence-electron chi connectivity index (χ0n) is 8.59. The van der Waals surface area contributed by atoms with E-state index in [9.17, 15) is 8.78 Å². The number of hydrogen-bond donors (Lipinski definition) is 1. The van der Waals surface area contributed by atoms with E-state index in [1.54, 1.807) is 25.2 Å². The first kappa shape index (κ1) is 9.96. The minimum absolute atomic E-state index is 0.0181. The van der Waals surface area contributed by atoms with Gasteiger partial charge in [-0.15, -0.1) is 0 Å². The maximum absolute atomic E-state index is 13.2. The number of halogens is 2. The molecule has 0 radical (unpaired) electrons. The number of nitrogens with zero attached hydrogens (tertiary/aromatic N) is 1. The first-order valence-corrected chi connectivity index (χ1v) is 4.63. The minimum Gasteiger partial charge on any atom is -0.398 e. The molecule has 0 aliphatic carbocycles. The molecule has 1 aromatic heterocycles. The number of alkyl halides is 2. The largest absolute Gasteiger partial charge is 0.398 e. The lowest BCUT2D eigenvalue weighted by molar-refractivity contribution is 0.0103. The van der Waals surface area contributed by atoms with Crippen LogP contribution >= 0.6 is 0 Å². The summed E-state index contributed by atoms with van der Waals surface area (Å²) in [6.45, 7) is 0.886. The molecule has 2 N–H and O–H groups in total. The Kier molecular flexibility index (Phi) is 1.96. The van der Waals surface area contributed by atoms with Crippen LogP contribution in [-0.4, -0.2) is 4.57 Å². The van der Waals surface area contributed by atoms with Gasteiger partial charge >= 0.3 is 0 Å². The quantitative estimate of drug-likeness (QED) is 0.721. The molecule has 0 unspecified atom stereocenters. The molecule has 2 nitrogen and oxygen atoms in total. The maximum Gasteiger partial charge on any atom is 0.285 e. The van der Waals surface area contributed by atoms with Gasteiger partial charge in [0.2, 0.25) is 0 Å². The van der Waals surface area contributed by atoms with Crippen LogP contribution in [0.3, 0.4) is 0 Å². The summed E-state index contributed by atoms with van der Waals surface area (Å²) in [6, 6.07) is 6.70. The molecule has 15 heavy (non-hydrogen) atoms. The fourth-order valence-corrected chi connectivity index (χ4v) is 1.80. The summed E-state index contributed by atoms with van der Waals surface area (Å²) >= 11 is 0. The Morgan fingerprint density at radius 1 is 1.33 bits per heavy atom. The second kappa shape index (κ2) is 2.95. The van der Waals surface area contributed by atoms with Gasteiger partial charge in [0, 0.05) is 25.0 Å². The van der Waals surface area contributed by atoms with Gasteiger partial charge in [0.1, 0.15) is 0 Å². The molecule has 0 fully saturated rings. The van der Waals surface area contributed by atoms with Crippen LogP contribution in [-0.2, 0) is 13.0 Å². The van der Waals surface area contributed by atoms with Crippen molar-refractivity contribution in [1.29, 1.82) is 0 Å². The van der Waals surface area contributed by atoms with Crippen LogP contribution in [0.25, 0.3) is 10.9 Å². The second-order valence-electron chi connectivity index (χ2n) is 3.76. The Morgan fingerprint density at radius 3 is 2.53 bits per heavy atom. The number of nitrogens with two attached hydrogens (primary N) is 1. The van der Waals surface area contributed by atoms with E-state index in [0.29, 0.717) is 11.1 Å². The van der Waals surface area contributed by atoms with E-state index in [1.807, 2.05) is 0 Å². The monoisotopic (exact) mass is 210 g/mol. The van der Waals surface area contributed by atoms with Crippen molar-refractivity contribution in [3.8, 4) is 0 Å². The van der Waals surface area contributed by atoms with Crippen LogP contribution in [0.1, 0.15) is 12.6 Å². The van der Waals surface area contributed by atoms with Crippen molar-refractivity contribution in [3.63, 3.8) is 0 Å². The molecular weight excluding hydrogens is 198 g/mol. The molecule has 2 aromatic rings. The fraction of sp³-hybridized carbons (Fsp3) is 0.273. The van der Waals surface area contributed by atoms with Crippen molar-refractivity contribution in [2.75, 3.05) is 5.73 Å². The fourth-order valence-electron chi connectivity index (χ4n) is 1.80. The van der Waals surface area contributed by atoms with Gasteiger partial charge in [-0.25, -0.2) is 8.78 Å². The van der Waals surface area contributed by atoms with Crippen LogP contribution in [0, 0.1) is 0 Å². The van der Waals surface area contributed by atoms with E-state index < -0.39 is 5.92 Å². The molecule has 0 saturated carbocycles. The predicted octanol–water partition coefficient (Wildman–Crippen LogP) is 2.87. The maximum atomic E-state index is 13.2. The van der Waals surface area contributed by atoms with Crippen LogP contribution in [0.2, 0.25) is 0 Å². The lowest BCUT2D eigenvalue weighted by atomic mass is 10.2. The zero-order valence-corrected chi connectivity index (χ0v) is 8.59. The van der Waals surface area contributed by atoms with Crippen molar-refractivity contribution < 1.29 is 8.78 Å². The Hall–Kier alpha value is -1.58. The van der Waals surface area contributed by atoms with E-state index >= 15 is 0 Å². The second-order valence-corrected chi connectivity index (χ2v) is 3.76. The summed E-state index contributed by atoms with van der Waals surface area (Å²) in [5.41, 5.74) is 6.96.